The van der Waals surface area contributed by atoms with E-state index in [1.165, 1.54) is 18.2 Å². The Kier molecular flexibility index (Phi) is 6.06. The van der Waals surface area contributed by atoms with E-state index >= 15 is 0 Å². The highest BCUT2D eigenvalue weighted by Gasteiger charge is 2.11. The molecule has 1 aromatic rings. The second-order valence-electron chi connectivity index (χ2n) is 4.63. The molecule has 19 heavy (non-hydrogen) atoms. The number of carbonyl (C=O) groups excluding carboxylic acids is 2. The van der Waals surface area contributed by atoms with Crippen molar-refractivity contribution >= 4 is 11.9 Å². The molecule has 0 bridgehead atoms. The molecule has 4 heteroatoms. The monoisotopic (exact) mass is 263 g/mol. The van der Waals surface area contributed by atoms with Crippen molar-refractivity contribution in [1.29, 1.82) is 0 Å². The van der Waals surface area contributed by atoms with Crippen molar-refractivity contribution in [3.05, 3.63) is 35.4 Å². The van der Waals surface area contributed by atoms with E-state index in [-0.39, 0.29) is 24.7 Å². The number of esters is 1. The lowest BCUT2D eigenvalue weighted by Gasteiger charge is -2.16. The number of methoxy groups -OCH3 is 1. The van der Waals surface area contributed by atoms with Gasteiger partial charge in [-0.3, -0.25) is 9.59 Å². The average molecular weight is 263 g/mol. The molecule has 0 heterocycles. The highest BCUT2D eigenvalue weighted by atomic mass is 16.5. The van der Waals surface area contributed by atoms with Gasteiger partial charge in [0.15, 0.2) is 0 Å². The lowest BCUT2D eigenvalue weighted by Crippen LogP contribution is -2.29. The van der Waals surface area contributed by atoms with Crippen LogP contribution in [0.5, 0.6) is 0 Å². The number of ether oxygens (including phenoxy) is 1. The van der Waals surface area contributed by atoms with Gasteiger partial charge in [-0.15, -0.1) is 0 Å². The molecule has 0 aliphatic carbocycles. The Balaban J connectivity index is 2.34. The van der Waals surface area contributed by atoms with Gasteiger partial charge in [-0.05, 0) is 18.9 Å². The van der Waals surface area contributed by atoms with Crippen LogP contribution in [0.3, 0.4) is 0 Å². The van der Waals surface area contributed by atoms with Crippen molar-refractivity contribution < 1.29 is 14.3 Å². The van der Waals surface area contributed by atoms with E-state index in [0.717, 1.165) is 6.42 Å². The number of rotatable bonds is 6. The van der Waals surface area contributed by atoms with Crippen LogP contribution in [-0.2, 0) is 20.7 Å². The van der Waals surface area contributed by atoms with Gasteiger partial charge < -0.3 is 9.64 Å². The summed E-state index contributed by atoms with van der Waals surface area (Å²) in [6, 6.07) is 8.27. The topological polar surface area (TPSA) is 46.6 Å². The number of nitrogens with zero attached hydrogens (tertiary/aromatic N) is 1. The quantitative estimate of drug-likeness (QED) is 0.737. The molecule has 104 valence electrons. The molecule has 0 atom stereocenters. The fourth-order valence-corrected chi connectivity index (χ4v) is 1.68. The van der Waals surface area contributed by atoms with Gasteiger partial charge in [-0.25, -0.2) is 0 Å². The minimum Gasteiger partial charge on any atom is -0.469 e. The summed E-state index contributed by atoms with van der Waals surface area (Å²) in [5.41, 5.74) is 2.43. The zero-order valence-corrected chi connectivity index (χ0v) is 11.8. The highest BCUT2D eigenvalue weighted by Crippen LogP contribution is 2.05. The van der Waals surface area contributed by atoms with Crippen LogP contribution in [0.4, 0.5) is 0 Å². The van der Waals surface area contributed by atoms with Crippen molar-refractivity contribution in [3.8, 4) is 0 Å². The number of amides is 1. The van der Waals surface area contributed by atoms with Gasteiger partial charge in [0.1, 0.15) is 0 Å². The Morgan fingerprint density at radius 2 is 1.79 bits per heavy atom. The Labute approximate surface area is 114 Å². The van der Waals surface area contributed by atoms with E-state index in [2.05, 4.69) is 29.0 Å². The summed E-state index contributed by atoms with van der Waals surface area (Å²) in [4.78, 5) is 24.4. The molecule has 0 saturated carbocycles. The minimum absolute atomic E-state index is 0.0301. The first-order valence-electron chi connectivity index (χ1n) is 6.39. The van der Waals surface area contributed by atoms with Gasteiger partial charge in [0.2, 0.25) is 5.91 Å². The third kappa shape index (κ3) is 5.55. The molecule has 0 fully saturated rings. The first-order valence-corrected chi connectivity index (χ1v) is 6.39. The number of hydrogen-bond acceptors (Lipinski definition) is 3. The van der Waals surface area contributed by atoms with Crippen molar-refractivity contribution in [1.82, 2.24) is 4.90 Å². The van der Waals surface area contributed by atoms with E-state index in [0.29, 0.717) is 6.54 Å². The van der Waals surface area contributed by atoms with Crippen molar-refractivity contribution in [2.45, 2.75) is 26.2 Å². The fraction of sp³-hybridized carbons (Fsp3) is 0.467. The summed E-state index contributed by atoms with van der Waals surface area (Å²) in [5.74, 6) is -0.377. The van der Waals surface area contributed by atoms with Gasteiger partial charge in [-0.1, -0.05) is 29.8 Å². The van der Waals surface area contributed by atoms with Crippen LogP contribution >= 0.6 is 0 Å². The van der Waals surface area contributed by atoms with Crippen LogP contribution < -0.4 is 0 Å². The molecule has 4 nitrogen and oxygen atoms in total. The molecule has 0 spiro atoms. The van der Waals surface area contributed by atoms with Crippen LogP contribution in [0, 0.1) is 6.92 Å². The molecule has 0 aliphatic heterocycles. The predicted octanol–water partition coefficient (Wildman–Crippen LogP) is 1.95. The number of benzene rings is 1. The van der Waals surface area contributed by atoms with Crippen LogP contribution in [0.1, 0.15) is 24.0 Å². The molecular formula is C15H21NO3. The molecule has 0 aromatic heterocycles. The molecule has 1 aromatic carbocycles. The summed E-state index contributed by atoms with van der Waals surface area (Å²) in [7, 11) is 3.09. The second-order valence-corrected chi connectivity index (χ2v) is 4.63. The maximum Gasteiger partial charge on any atom is 0.306 e. The molecule has 0 aliphatic rings. The molecule has 1 rings (SSSR count). The maximum absolute atomic E-state index is 11.8. The molecule has 0 radical (unpaired) electrons. The Morgan fingerprint density at radius 3 is 2.37 bits per heavy atom. The van der Waals surface area contributed by atoms with Crippen LogP contribution in [-0.4, -0.2) is 37.5 Å². The fourth-order valence-electron chi connectivity index (χ4n) is 1.68. The lowest BCUT2D eigenvalue weighted by molar-refractivity contribution is -0.143. The maximum atomic E-state index is 11.8. The van der Waals surface area contributed by atoms with Crippen molar-refractivity contribution in [2.75, 3.05) is 20.7 Å². The van der Waals surface area contributed by atoms with E-state index in [9.17, 15) is 9.59 Å². The van der Waals surface area contributed by atoms with E-state index in [4.69, 9.17) is 0 Å². The third-order valence-corrected chi connectivity index (χ3v) is 3.05. The molecule has 0 N–H and O–H groups in total. The van der Waals surface area contributed by atoms with Gasteiger partial charge in [0, 0.05) is 20.0 Å². The van der Waals surface area contributed by atoms with E-state index in [1.54, 1.807) is 11.9 Å². The van der Waals surface area contributed by atoms with Gasteiger partial charge in [0.25, 0.3) is 0 Å². The zero-order chi connectivity index (χ0) is 14.3. The molecule has 0 unspecified atom stereocenters. The van der Waals surface area contributed by atoms with E-state index < -0.39 is 0 Å². The molecular weight excluding hydrogens is 242 g/mol. The number of likely N-dealkylation sites (N-methyl/N-ethyl adjacent to an activating group) is 1. The van der Waals surface area contributed by atoms with Gasteiger partial charge >= 0.3 is 5.97 Å². The summed E-state index contributed by atoms with van der Waals surface area (Å²) >= 11 is 0. The predicted molar refractivity (Wildman–Crippen MR) is 73.8 cm³/mol. The number of aryl methyl sites for hydroxylation is 1. The highest BCUT2D eigenvalue weighted by molar-refractivity contribution is 5.81. The summed E-state index contributed by atoms with van der Waals surface area (Å²) in [6.07, 6.45) is 1.17. The largest absolute Gasteiger partial charge is 0.469 e. The second kappa shape index (κ2) is 7.56. The smallest absolute Gasteiger partial charge is 0.306 e. The van der Waals surface area contributed by atoms with Crippen molar-refractivity contribution in [2.24, 2.45) is 0 Å². The number of carbonyl (C=O) groups is 2. The first kappa shape index (κ1) is 15.2. The molecule has 0 saturated heterocycles. The SMILES string of the molecule is COC(=O)CCC(=O)N(C)CCc1ccc(C)cc1. The summed E-state index contributed by atoms with van der Waals surface area (Å²) in [5, 5.41) is 0. The van der Waals surface area contributed by atoms with Crippen LogP contribution in [0.2, 0.25) is 0 Å². The van der Waals surface area contributed by atoms with Crippen molar-refractivity contribution in [3.63, 3.8) is 0 Å². The Bertz CT molecular complexity index is 426. The summed E-state index contributed by atoms with van der Waals surface area (Å²) < 4.78 is 4.51. The van der Waals surface area contributed by atoms with Crippen LogP contribution in [0.25, 0.3) is 0 Å². The summed E-state index contributed by atoms with van der Waals surface area (Å²) in [6.45, 7) is 2.70. The average Bonchev–Trinajstić information content (AvgIpc) is 2.43. The van der Waals surface area contributed by atoms with Gasteiger partial charge in [-0.2, -0.15) is 0 Å². The first-order chi connectivity index (χ1) is 9.02. The Hall–Kier alpha value is -1.84. The Morgan fingerprint density at radius 1 is 1.16 bits per heavy atom. The van der Waals surface area contributed by atoms with Gasteiger partial charge in [0.05, 0.1) is 13.5 Å². The van der Waals surface area contributed by atoms with Crippen LogP contribution in [0.15, 0.2) is 24.3 Å². The molecule has 1 amide bonds. The third-order valence-electron chi connectivity index (χ3n) is 3.05. The standard InChI is InChI=1S/C15H21NO3/c1-12-4-6-13(7-5-12)10-11-16(2)14(17)8-9-15(18)19-3/h4-7H,8-11H2,1-3H3. The zero-order valence-electron chi connectivity index (χ0n) is 11.8. The van der Waals surface area contributed by atoms with E-state index in [1.807, 2.05) is 6.92 Å². The minimum atomic E-state index is -0.347. The normalized spacial score (nSPS) is 10.1. The number of hydrogen-bond donors (Lipinski definition) is 0. The lowest BCUT2D eigenvalue weighted by atomic mass is 10.1.